The summed E-state index contributed by atoms with van der Waals surface area (Å²) in [6.45, 7) is 0.987. The number of benzene rings is 2. The van der Waals surface area contributed by atoms with E-state index in [-0.39, 0.29) is 22.9 Å². The Kier molecular flexibility index (Phi) is 5.46. The number of hydrogen-bond donors (Lipinski definition) is 1. The molecule has 3 rings (SSSR count). The lowest BCUT2D eigenvalue weighted by atomic mass is 10.1. The maximum absolute atomic E-state index is 13.8. The van der Waals surface area contributed by atoms with Crippen LogP contribution in [0.2, 0.25) is 5.02 Å². The monoisotopic (exact) mass is 357 g/mol. The highest BCUT2D eigenvalue weighted by atomic mass is 35.5. The number of carbonyl (C=O) groups excluding carboxylic acids is 1. The van der Waals surface area contributed by atoms with Crippen LogP contribution in [0, 0.1) is 5.82 Å². The Bertz CT molecular complexity index is 845. The zero-order valence-electron chi connectivity index (χ0n) is 13.5. The van der Waals surface area contributed by atoms with Gasteiger partial charge in [-0.1, -0.05) is 41.9 Å². The van der Waals surface area contributed by atoms with Gasteiger partial charge in [-0.15, -0.1) is 0 Å². The van der Waals surface area contributed by atoms with E-state index in [2.05, 4.69) is 10.4 Å². The maximum atomic E-state index is 13.8. The minimum Gasteiger partial charge on any atom is -0.352 e. The fraction of sp³-hybridized carbons (Fsp3) is 0.158. The van der Waals surface area contributed by atoms with Crippen molar-refractivity contribution in [2.45, 2.75) is 19.5 Å². The van der Waals surface area contributed by atoms with Crippen LogP contribution in [0.3, 0.4) is 0 Å². The summed E-state index contributed by atoms with van der Waals surface area (Å²) in [4.78, 5) is 12.2. The van der Waals surface area contributed by atoms with E-state index < -0.39 is 5.82 Å². The molecule has 0 spiro atoms. The van der Waals surface area contributed by atoms with Crippen LogP contribution < -0.4 is 5.32 Å². The molecule has 128 valence electrons. The first-order chi connectivity index (χ1) is 12.1. The summed E-state index contributed by atoms with van der Waals surface area (Å²) in [5.74, 6) is -0.748. The van der Waals surface area contributed by atoms with Crippen molar-refractivity contribution >= 4 is 17.5 Å². The first-order valence-electron chi connectivity index (χ1n) is 7.87. The molecule has 3 aromatic rings. The molecule has 0 radical (unpaired) electrons. The van der Waals surface area contributed by atoms with Crippen LogP contribution in [0.4, 0.5) is 4.39 Å². The molecule has 1 heterocycles. The quantitative estimate of drug-likeness (QED) is 0.733. The fourth-order valence-electron chi connectivity index (χ4n) is 2.57. The molecule has 0 bridgehead atoms. The van der Waals surface area contributed by atoms with Crippen molar-refractivity contribution in [3.05, 3.63) is 88.5 Å². The summed E-state index contributed by atoms with van der Waals surface area (Å²) < 4.78 is 15.6. The first kappa shape index (κ1) is 17.2. The highest BCUT2D eigenvalue weighted by Gasteiger charge is 2.12. The van der Waals surface area contributed by atoms with Gasteiger partial charge in [0.1, 0.15) is 5.82 Å². The molecule has 2 aromatic carbocycles. The van der Waals surface area contributed by atoms with Crippen molar-refractivity contribution in [2.75, 3.05) is 0 Å². The van der Waals surface area contributed by atoms with Gasteiger partial charge in [-0.05, 0) is 29.3 Å². The van der Waals surface area contributed by atoms with Crippen molar-refractivity contribution in [1.29, 1.82) is 0 Å². The summed E-state index contributed by atoms with van der Waals surface area (Å²) in [5.41, 5.74) is 2.27. The lowest BCUT2D eigenvalue weighted by molar-refractivity contribution is -0.120. The Balaban J connectivity index is 1.64. The SMILES string of the molecule is O=C(Cc1c(F)cccc1Cl)NCc1ccccc1Cn1cccn1. The molecular weight excluding hydrogens is 341 g/mol. The lowest BCUT2D eigenvalue weighted by Crippen LogP contribution is -2.25. The minimum atomic E-state index is -0.471. The molecule has 6 heteroatoms. The smallest absolute Gasteiger partial charge is 0.224 e. The molecule has 0 saturated carbocycles. The Morgan fingerprint density at radius 1 is 1.12 bits per heavy atom. The molecule has 1 aromatic heterocycles. The number of nitrogens with zero attached hydrogens (tertiary/aromatic N) is 2. The van der Waals surface area contributed by atoms with Crippen LogP contribution in [0.25, 0.3) is 0 Å². The molecule has 0 unspecified atom stereocenters. The van der Waals surface area contributed by atoms with Crippen molar-refractivity contribution in [2.24, 2.45) is 0 Å². The van der Waals surface area contributed by atoms with Gasteiger partial charge in [-0.3, -0.25) is 9.48 Å². The third-order valence-electron chi connectivity index (χ3n) is 3.88. The van der Waals surface area contributed by atoms with Crippen molar-refractivity contribution in [3.63, 3.8) is 0 Å². The molecule has 0 fully saturated rings. The number of amides is 1. The predicted molar refractivity (Wildman–Crippen MR) is 94.7 cm³/mol. The van der Waals surface area contributed by atoms with Gasteiger partial charge in [-0.2, -0.15) is 5.10 Å². The number of nitrogens with one attached hydrogen (secondary N) is 1. The van der Waals surface area contributed by atoms with Gasteiger partial charge >= 0.3 is 0 Å². The Labute approximate surface area is 150 Å². The van der Waals surface area contributed by atoms with E-state index in [9.17, 15) is 9.18 Å². The molecule has 0 atom stereocenters. The molecule has 1 N–H and O–H groups in total. The Morgan fingerprint density at radius 2 is 1.92 bits per heavy atom. The van der Waals surface area contributed by atoms with Crippen molar-refractivity contribution in [1.82, 2.24) is 15.1 Å². The van der Waals surface area contributed by atoms with Gasteiger partial charge in [0.05, 0.1) is 13.0 Å². The maximum Gasteiger partial charge on any atom is 0.224 e. The fourth-order valence-corrected chi connectivity index (χ4v) is 2.80. The second kappa shape index (κ2) is 7.94. The number of carbonyl (C=O) groups is 1. The van der Waals surface area contributed by atoms with Crippen LogP contribution in [0.5, 0.6) is 0 Å². The summed E-state index contributed by atoms with van der Waals surface area (Å²) in [6.07, 6.45) is 3.52. The van der Waals surface area contributed by atoms with Crippen LogP contribution in [-0.2, 0) is 24.3 Å². The zero-order chi connectivity index (χ0) is 17.6. The molecular formula is C19H17ClFN3O. The number of hydrogen-bond acceptors (Lipinski definition) is 2. The van der Waals surface area contributed by atoms with Gasteiger partial charge < -0.3 is 5.32 Å². The van der Waals surface area contributed by atoms with Gasteiger partial charge in [0.2, 0.25) is 5.91 Å². The molecule has 1 amide bonds. The van der Waals surface area contributed by atoms with Crippen LogP contribution in [0.1, 0.15) is 16.7 Å². The third-order valence-corrected chi connectivity index (χ3v) is 4.24. The summed E-state index contributed by atoms with van der Waals surface area (Å²) in [7, 11) is 0. The molecule has 25 heavy (non-hydrogen) atoms. The van der Waals surface area contributed by atoms with Gasteiger partial charge in [-0.25, -0.2) is 4.39 Å². The summed E-state index contributed by atoms with van der Waals surface area (Å²) in [6, 6.07) is 14.1. The summed E-state index contributed by atoms with van der Waals surface area (Å²) in [5, 5.41) is 7.28. The van der Waals surface area contributed by atoms with E-state index in [1.54, 1.807) is 12.3 Å². The van der Waals surface area contributed by atoms with E-state index in [4.69, 9.17) is 11.6 Å². The topological polar surface area (TPSA) is 46.9 Å². The van der Waals surface area contributed by atoms with E-state index in [0.717, 1.165) is 11.1 Å². The van der Waals surface area contributed by atoms with Crippen LogP contribution in [-0.4, -0.2) is 15.7 Å². The van der Waals surface area contributed by atoms with E-state index in [0.29, 0.717) is 13.1 Å². The molecule has 0 aliphatic heterocycles. The molecule has 4 nitrogen and oxygen atoms in total. The third kappa shape index (κ3) is 4.45. The van der Waals surface area contributed by atoms with Crippen LogP contribution >= 0.6 is 11.6 Å². The van der Waals surface area contributed by atoms with Gasteiger partial charge in [0, 0.05) is 29.5 Å². The van der Waals surface area contributed by atoms with E-state index >= 15 is 0 Å². The average Bonchev–Trinajstić information content (AvgIpc) is 3.11. The average molecular weight is 358 g/mol. The zero-order valence-corrected chi connectivity index (χ0v) is 14.2. The number of rotatable bonds is 6. The highest BCUT2D eigenvalue weighted by Crippen LogP contribution is 2.19. The molecule has 0 saturated heterocycles. The second-order valence-electron chi connectivity index (χ2n) is 5.63. The molecule has 0 aliphatic carbocycles. The Morgan fingerprint density at radius 3 is 2.64 bits per heavy atom. The Hall–Kier alpha value is -2.66. The largest absolute Gasteiger partial charge is 0.352 e. The van der Waals surface area contributed by atoms with Crippen molar-refractivity contribution in [3.8, 4) is 0 Å². The lowest BCUT2D eigenvalue weighted by Gasteiger charge is -2.11. The normalized spacial score (nSPS) is 10.6. The highest BCUT2D eigenvalue weighted by molar-refractivity contribution is 6.31. The minimum absolute atomic E-state index is 0.0904. The second-order valence-corrected chi connectivity index (χ2v) is 6.03. The van der Waals surface area contributed by atoms with Gasteiger partial charge in [0.25, 0.3) is 0 Å². The number of aromatic nitrogens is 2. The predicted octanol–water partition coefficient (Wildman–Crippen LogP) is 3.58. The van der Waals surface area contributed by atoms with Crippen LogP contribution in [0.15, 0.2) is 60.9 Å². The standard InChI is InChI=1S/C19H17ClFN3O/c20-17-7-3-8-18(21)16(17)11-19(25)22-12-14-5-1-2-6-15(14)13-24-10-4-9-23-24/h1-10H,11-13H2,(H,22,25). The molecule has 0 aliphatic rings. The van der Waals surface area contributed by atoms with E-state index in [1.807, 2.05) is 41.2 Å². The van der Waals surface area contributed by atoms with Gasteiger partial charge in [0.15, 0.2) is 0 Å². The summed E-state index contributed by atoms with van der Waals surface area (Å²) >= 11 is 5.97. The number of halogens is 2. The first-order valence-corrected chi connectivity index (χ1v) is 8.25. The van der Waals surface area contributed by atoms with Crippen molar-refractivity contribution < 1.29 is 9.18 Å². The van der Waals surface area contributed by atoms with E-state index in [1.165, 1.54) is 12.1 Å².